The SMILES string of the molecule is O=C(NC1CCCN(Cc2ccccc2Cl)C1)C1CCC1. The van der Waals surface area contributed by atoms with E-state index < -0.39 is 0 Å². The topological polar surface area (TPSA) is 32.3 Å². The van der Waals surface area contributed by atoms with Crippen molar-refractivity contribution in [3.8, 4) is 0 Å². The minimum Gasteiger partial charge on any atom is -0.352 e. The van der Waals surface area contributed by atoms with Crippen molar-refractivity contribution in [1.29, 1.82) is 0 Å². The van der Waals surface area contributed by atoms with Crippen LogP contribution in [0.5, 0.6) is 0 Å². The van der Waals surface area contributed by atoms with Gasteiger partial charge in [-0.1, -0.05) is 36.2 Å². The summed E-state index contributed by atoms with van der Waals surface area (Å²) < 4.78 is 0. The molecule has 3 rings (SSSR count). The van der Waals surface area contributed by atoms with Crippen LogP contribution in [0, 0.1) is 5.92 Å². The van der Waals surface area contributed by atoms with Gasteiger partial charge >= 0.3 is 0 Å². The van der Waals surface area contributed by atoms with Gasteiger partial charge in [-0.2, -0.15) is 0 Å². The fourth-order valence-electron chi connectivity index (χ4n) is 3.17. The molecule has 1 aromatic carbocycles. The molecular formula is C17H23ClN2O. The number of benzene rings is 1. The molecule has 1 aliphatic heterocycles. The summed E-state index contributed by atoms with van der Waals surface area (Å²) in [6, 6.07) is 8.31. The fraction of sp³-hybridized carbons (Fsp3) is 0.588. The zero-order valence-corrected chi connectivity index (χ0v) is 13.1. The van der Waals surface area contributed by atoms with Crippen molar-refractivity contribution in [2.24, 2.45) is 5.92 Å². The summed E-state index contributed by atoms with van der Waals surface area (Å²) in [5.74, 6) is 0.551. The van der Waals surface area contributed by atoms with E-state index in [-0.39, 0.29) is 11.8 Å². The van der Waals surface area contributed by atoms with Gasteiger partial charge in [0.05, 0.1) is 0 Å². The van der Waals surface area contributed by atoms with E-state index in [9.17, 15) is 4.79 Å². The van der Waals surface area contributed by atoms with E-state index in [1.54, 1.807) is 0 Å². The maximum absolute atomic E-state index is 12.1. The van der Waals surface area contributed by atoms with E-state index in [1.807, 2.05) is 18.2 Å². The lowest BCUT2D eigenvalue weighted by Crippen LogP contribution is -2.49. The molecule has 1 amide bonds. The zero-order chi connectivity index (χ0) is 14.7. The van der Waals surface area contributed by atoms with E-state index in [4.69, 9.17) is 11.6 Å². The van der Waals surface area contributed by atoms with E-state index >= 15 is 0 Å². The molecule has 2 aliphatic rings. The third-order valence-corrected chi connectivity index (χ3v) is 5.05. The molecule has 1 heterocycles. The predicted molar refractivity (Wildman–Crippen MR) is 85.2 cm³/mol. The van der Waals surface area contributed by atoms with Crippen molar-refractivity contribution >= 4 is 17.5 Å². The van der Waals surface area contributed by atoms with Crippen molar-refractivity contribution in [1.82, 2.24) is 10.2 Å². The quantitative estimate of drug-likeness (QED) is 0.926. The molecule has 21 heavy (non-hydrogen) atoms. The number of nitrogens with zero attached hydrogens (tertiary/aromatic N) is 1. The number of carbonyl (C=O) groups is 1. The Labute approximate surface area is 131 Å². The fourth-order valence-corrected chi connectivity index (χ4v) is 3.37. The summed E-state index contributed by atoms with van der Waals surface area (Å²) in [4.78, 5) is 14.5. The summed E-state index contributed by atoms with van der Waals surface area (Å²) >= 11 is 6.24. The van der Waals surface area contributed by atoms with Crippen LogP contribution < -0.4 is 5.32 Å². The maximum atomic E-state index is 12.1. The largest absolute Gasteiger partial charge is 0.352 e. The van der Waals surface area contributed by atoms with Crippen LogP contribution >= 0.6 is 11.6 Å². The second-order valence-electron chi connectivity index (χ2n) is 6.30. The standard InChI is InChI=1S/C17H23ClN2O/c18-16-9-2-1-5-14(16)11-20-10-4-8-15(12-20)19-17(21)13-6-3-7-13/h1-2,5,9,13,15H,3-4,6-8,10-12H2,(H,19,21). The first-order valence-electron chi connectivity index (χ1n) is 7.98. The number of likely N-dealkylation sites (tertiary alicyclic amines) is 1. The molecule has 0 bridgehead atoms. The van der Waals surface area contributed by atoms with Gasteiger partial charge in [-0.15, -0.1) is 0 Å². The van der Waals surface area contributed by atoms with Gasteiger partial charge in [0.1, 0.15) is 0 Å². The molecule has 1 N–H and O–H groups in total. The first-order valence-corrected chi connectivity index (χ1v) is 8.36. The van der Waals surface area contributed by atoms with Gasteiger partial charge in [0.2, 0.25) is 5.91 Å². The molecule has 1 aromatic rings. The molecule has 1 saturated heterocycles. The van der Waals surface area contributed by atoms with Gasteiger partial charge in [-0.3, -0.25) is 9.69 Å². The number of hydrogen-bond donors (Lipinski definition) is 1. The van der Waals surface area contributed by atoms with Crippen molar-refractivity contribution in [2.45, 2.75) is 44.7 Å². The second kappa shape index (κ2) is 6.80. The van der Waals surface area contributed by atoms with Crippen LogP contribution in [-0.4, -0.2) is 29.9 Å². The Morgan fingerprint density at radius 1 is 1.24 bits per heavy atom. The molecule has 4 heteroatoms. The minimum atomic E-state index is 0.269. The molecule has 114 valence electrons. The molecule has 1 unspecified atom stereocenters. The molecule has 2 fully saturated rings. The average molecular weight is 307 g/mol. The highest BCUT2D eigenvalue weighted by molar-refractivity contribution is 6.31. The van der Waals surface area contributed by atoms with Crippen LogP contribution in [0.2, 0.25) is 5.02 Å². The number of rotatable bonds is 4. The van der Waals surface area contributed by atoms with Crippen LogP contribution in [0.15, 0.2) is 24.3 Å². The van der Waals surface area contributed by atoms with Crippen LogP contribution in [0.1, 0.15) is 37.7 Å². The van der Waals surface area contributed by atoms with E-state index in [1.165, 1.54) is 12.0 Å². The molecule has 0 aromatic heterocycles. The van der Waals surface area contributed by atoms with Gasteiger partial charge in [-0.05, 0) is 43.9 Å². The Morgan fingerprint density at radius 3 is 2.76 bits per heavy atom. The van der Waals surface area contributed by atoms with Crippen LogP contribution in [0.3, 0.4) is 0 Å². The van der Waals surface area contributed by atoms with Crippen molar-refractivity contribution in [2.75, 3.05) is 13.1 Å². The highest BCUT2D eigenvalue weighted by atomic mass is 35.5. The first kappa shape index (κ1) is 14.9. The summed E-state index contributed by atoms with van der Waals surface area (Å²) in [5.41, 5.74) is 1.17. The Morgan fingerprint density at radius 2 is 2.05 bits per heavy atom. The molecule has 1 saturated carbocycles. The Bertz CT molecular complexity index is 501. The van der Waals surface area contributed by atoms with Gasteiger partial charge in [0, 0.05) is 30.1 Å². The lowest BCUT2D eigenvalue weighted by molar-refractivity contribution is -0.128. The average Bonchev–Trinajstić information content (AvgIpc) is 2.40. The molecule has 3 nitrogen and oxygen atoms in total. The first-order chi connectivity index (χ1) is 10.2. The van der Waals surface area contributed by atoms with Gasteiger partial charge in [0.15, 0.2) is 0 Å². The molecular weight excluding hydrogens is 284 g/mol. The van der Waals surface area contributed by atoms with Gasteiger partial charge in [-0.25, -0.2) is 0 Å². The van der Waals surface area contributed by atoms with Gasteiger partial charge < -0.3 is 5.32 Å². The Balaban J connectivity index is 1.53. The summed E-state index contributed by atoms with van der Waals surface area (Å²) in [7, 11) is 0. The minimum absolute atomic E-state index is 0.269. The molecule has 1 aliphatic carbocycles. The second-order valence-corrected chi connectivity index (χ2v) is 6.71. The lowest BCUT2D eigenvalue weighted by Gasteiger charge is -2.35. The Kier molecular flexibility index (Phi) is 4.81. The monoisotopic (exact) mass is 306 g/mol. The number of amides is 1. The smallest absolute Gasteiger partial charge is 0.223 e. The van der Waals surface area contributed by atoms with Crippen molar-refractivity contribution in [3.63, 3.8) is 0 Å². The van der Waals surface area contributed by atoms with Crippen LogP contribution in [-0.2, 0) is 11.3 Å². The number of halogens is 1. The lowest BCUT2D eigenvalue weighted by atomic mass is 9.84. The number of nitrogens with one attached hydrogen (secondary N) is 1. The summed E-state index contributed by atoms with van der Waals surface area (Å²) in [5, 5.41) is 4.07. The van der Waals surface area contributed by atoms with Crippen molar-refractivity contribution < 1.29 is 4.79 Å². The van der Waals surface area contributed by atoms with Gasteiger partial charge in [0.25, 0.3) is 0 Å². The summed E-state index contributed by atoms with van der Waals surface area (Å²) in [6.07, 6.45) is 5.59. The van der Waals surface area contributed by atoms with E-state index in [0.29, 0.717) is 6.04 Å². The van der Waals surface area contributed by atoms with Crippen molar-refractivity contribution in [3.05, 3.63) is 34.9 Å². The third kappa shape index (κ3) is 3.78. The predicted octanol–water partition coefficient (Wildman–Crippen LogP) is 3.22. The van der Waals surface area contributed by atoms with Crippen LogP contribution in [0.25, 0.3) is 0 Å². The zero-order valence-electron chi connectivity index (χ0n) is 12.4. The summed E-state index contributed by atoms with van der Waals surface area (Å²) in [6.45, 7) is 2.89. The molecule has 0 radical (unpaired) electrons. The van der Waals surface area contributed by atoms with E-state index in [2.05, 4.69) is 16.3 Å². The Hall–Kier alpha value is -1.06. The van der Waals surface area contributed by atoms with E-state index in [0.717, 1.165) is 50.3 Å². The number of piperidine rings is 1. The molecule has 0 spiro atoms. The van der Waals surface area contributed by atoms with Crippen LogP contribution in [0.4, 0.5) is 0 Å². The molecule has 1 atom stereocenters. The number of carbonyl (C=O) groups excluding carboxylic acids is 1. The highest BCUT2D eigenvalue weighted by Crippen LogP contribution is 2.27. The normalized spacial score (nSPS) is 23.6. The third-order valence-electron chi connectivity index (χ3n) is 4.68. The highest BCUT2D eigenvalue weighted by Gasteiger charge is 2.28. The maximum Gasteiger partial charge on any atom is 0.223 e. The number of hydrogen-bond acceptors (Lipinski definition) is 2.